The zero-order valence-corrected chi connectivity index (χ0v) is 10.3. The van der Waals surface area contributed by atoms with Crippen molar-refractivity contribution >= 4 is 0 Å². The Bertz CT molecular complexity index is 371. The summed E-state index contributed by atoms with van der Waals surface area (Å²) < 4.78 is 5.70. The second kappa shape index (κ2) is 5.53. The number of hydrogen-bond donors (Lipinski definition) is 1. The average Bonchev–Trinajstić information content (AvgIpc) is 2.39. The fraction of sp³-hybridized carbons (Fsp3) is 0.667. The van der Waals surface area contributed by atoms with Crippen molar-refractivity contribution in [3.63, 3.8) is 0 Å². The number of aliphatic hydroxyl groups is 1. The van der Waals surface area contributed by atoms with E-state index in [1.807, 2.05) is 0 Å². The zero-order valence-electron chi connectivity index (χ0n) is 10.3. The Balaban J connectivity index is 2.10. The van der Waals surface area contributed by atoms with E-state index in [0.29, 0.717) is 24.2 Å². The van der Waals surface area contributed by atoms with E-state index in [9.17, 15) is 0 Å². The van der Waals surface area contributed by atoms with Gasteiger partial charge in [-0.15, -0.1) is 0 Å². The van der Waals surface area contributed by atoms with Gasteiger partial charge in [0.15, 0.2) is 5.82 Å². The largest absolute Gasteiger partial charge is 0.390 e. The molecule has 1 unspecified atom stereocenters. The maximum atomic E-state index is 9.06. The van der Waals surface area contributed by atoms with Gasteiger partial charge in [0.25, 0.3) is 0 Å². The highest BCUT2D eigenvalue weighted by atomic mass is 16.5. The Morgan fingerprint density at radius 3 is 3.12 bits per heavy atom. The summed E-state index contributed by atoms with van der Waals surface area (Å²) in [4.78, 5) is 10.9. The lowest BCUT2D eigenvalue weighted by Crippen LogP contribution is -2.42. The van der Waals surface area contributed by atoms with E-state index >= 15 is 0 Å². The van der Waals surface area contributed by atoms with E-state index in [0.717, 1.165) is 13.1 Å². The normalized spacial score (nSPS) is 22.0. The van der Waals surface area contributed by atoms with Crippen LogP contribution in [0.5, 0.6) is 0 Å². The molecule has 0 radical (unpaired) electrons. The molecule has 1 atom stereocenters. The Labute approximate surface area is 101 Å². The summed E-state index contributed by atoms with van der Waals surface area (Å²) in [6.07, 6.45) is 1.59. The van der Waals surface area contributed by atoms with Crippen LogP contribution in [0.25, 0.3) is 0 Å². The lowest BCUT2D eigenvalue weighted by molar-refractivity contribution is -0.0444. The van der Waals surface area contributed by atoms with Crippen LogP contribution >= 0.6 is 0 Å². The highest BCUT2D eigenvalue weighted by molar-refractivity contribution is 5.04. The highest BCUT2D eigenvalue weighted by Gasteiger charge is 2.25. The number of nitrogens with zero attached hydrogens (tertiary/aromatic N) is 3. The fourth-order valence-electron chi connectivity index (χ4n) is 1.95. The van der Waals surface area contributed by atoms with Gasteiger partial charge in [-0.05, 0) is 19.9 Å². The summed E-state index contributed by atoms with van der Waals surface area (Å²) in [7, 11) is 0. The Hall–Kier alpha value is -1.04. The number of morpholine rings is 1. The molecule has 17 heavy (non-hydrogen) atoms. The van der Waals surface area contributed by atoms with Gasteiger partial charge in [0.1, 0.15) is 6.10 Å². The van der Waals surface area contributed by atoms with Gasteiger partial charge >= 0.3 is 0 Å². The second-order valence-corrected chi connectivity index (χ2v) is 4.51. The predicted octanol–water partition coefficient (Wildman–Crippen LogP) is 0.751. The van der Waals surface area contributed by atoms with Gasteiger partial charge in [0, 0.05) is 25.3 Å². The quantitative estimate of drug-likeness (QED) is 0.840. The SMILES string of the molecule is CC(C)N1CCOC(c2nccc(CO)n2)C1. The molecule has 5 nitrogen and oxygen atoms in total. The zero-order chi connectivity index (χ0) is 12.3. The van der Waals surface area contributed by atoms with Crippen LogP contribution in [0, 0.1) is 0 Å². The van der Waals surface area contributed by atoms with E-state index in [4.69, 9.17) is 9.84 Å². The molecule has 0 bridgehead atoms. The van der Waals surface area contributed by atoms with Crippen LogP contribution in [-0.4, -0.2) is 45.7 Å². The van der Waals surface area contributed by atoms with Crippen LogP contribution in [0.2, 0.25) is 0 Å². The summed E-state index contributed by atoms with van der Waals surface area (Å²) in [5.41, 5.74) is 0.639. The van der Waals surface area contributed by atoms with Gasteiger partial charge in [-0.2, -0.15) is 0 Å². The smallest absolute Gasteiger partial charge is 0.158 e. The van der Waals surface area contributed by atoms with Crippen molar-refractivity contribution in [3.05, 3.63) is 23.8 Å². The molecule has 1 aromatic heterocycles. The molecular formula is C12H19N3O2. The molecule has 1 aromatic rings. The number of aliphatic hydroxyl groups excluding tert-OH is 1. The Morgan fingerprint density at radius 1 is 1.59 bits per heavy atom. The van der Waals surface area contributed by atoms with Crippen molar-refractivity contribution in [1.82, 2.24) is 14.9 Å². The van der Waals surface area contributed by atoms with E-state index in [2.05, 4.69) is 28.7 Å². The van der Waals surface area contributed by atoms with E-state index in [1.165, 1.54) is 0 Å². The minimum atomic E-state index is -0.0855. The van der Waals surface area contributed by atoms with Crippen molar-refractivity contribution < 1.29 is 9.84 Å². The molecule has 0 saturated carbocycles. The van der Waals surface area contributed by atoms with Crippen molar-refractivity contribution in [2.75, 3.05) is 19.7 Å². The second-order valence-electron chi connectivity index (χ2n) is 4.51. The number of aromatic nitrogens is 2. The molecule has 1 saturated heterocycles. The van der Waals surface area contributed by atoms with Crippen molar-refractivity contribution in [2.24, 2.45) is 0 Å². The predicted molar refractivity (Wildman–Crippen MR) is 63.4 cm³/mol. The molecule has 0 aromatic carbocycles. The van der Waals surface area contributed by atoms with Gasteiger partial charge in [-0.25, -0.2) is 9.97 Å². The molecule has 1 N–H and O–H groups in total. The third-order valence-electron chi connectivity index (χ3n) is 3.01. The summed E-state index contributed by atoms with van der Waals surface area (Å²) in [5, 5.41) is 9.06. The first-order chi connectivity index (χ1) is 8.20. The van der Waals surface area contributed by atoms with Crippen LogP contribution in [0.15, 0.2) is 12.3 Å². The first-order valence-electron chi connectivity index (χ1n) is 5.99. The molecule has 2 heterocycles. The minimum Gasteiger partial charge on any atom is -0.390 e. The summed E-state index contributed by atoms with van der Waals surface area (Å²) >= 11 is 0. The lowest BCUT2D eigenvalue weighted by atomic mass is 10.2. The van der Waals surface area contributed by atoms with Gasteiger partial charge in [-0.1, -0.05) is 0 Å². The van der Waals surface area contributed by atoms with Crippen LogP contribution in [0.1, 0.15) is 31.5 Å². The van der Waals surface area contributed by atoms with Crippen LogP contribution < -0.4 is 0 Å². The Morgan fingerprint density at radius 2 is 2.41 bits per heavy atom. The van der Waals surface area contributed by atoms with Gasteiger partial charge in [0.2, 0.25) is 0 Å². The van der Waals surface area contributed by atoms with Crippen molar-refractivity contribution in [1.29, 1.82) is 0 Å². The molecule has 94 valence electrons. The van der Waals surface area contributed by atoms with Crippen molar-refractivity contribution in [3.8, 4) is 0 Å². The number of ether oxygens (including phenoxy) is 1. The lowest BCUT2D eigenvalue weighted by Gasteiger charge is -2.34. The van der Waals surface area contributed by atoms with Gasteiger partial charge in [0.05, 0.1) is 18.9 Å². The summed E-state index contributed by atoms with van der Waals surface area (Å²) in [5.74, 6) is 0.668. The fourth-order valence-corrected chi connectivity index (χ4v) is 1.95. The first kappa shape index (κ1) is 12.4. The molecule has 5 heteroatoms. The van der Waals surface area contributed by atoms with Gasteiger partial charge in [-0.3, -0.25) is 4.90 Å². The first-order valence-corrected chi connectivity index (χ1v) is 5.99. The highest BCUT2D eigenvalue weighted by Crippen LogP contribution is 2.20. The van der Waals surface area contributed by atoms with E-state index in [1.54, 1.807) is 12.3 Å². The minimum absolute atomic E-state index is 0.0594. The van der Waals surface area contributed by atoms with Crippen LogP contribution in [-0.2, 0) is 11.3 Å². The van der Waals surface area contributed by atoms with E-state index < -0.39 is 0 Å². The molecule has 0 amide bonds. The monoisotopic (exact) mass is 237 g/mol. The number of hydrogen-bond acceptors (Lipinski definition) is 5. The topological polar surface area (TPSA) is 58.5 Å². The third kappa shape index (κ3) is 3.00. The van der Waals surface area contributed by atoms with Crippen LogP contribution in [0.4, 0.5) is 0 Å². The summed E-state index contributed by atoms with van der Waals surface area (Å²) in [6, 6.07) is 2.22. The molecule has 2 rings (SSSR count). The Kier molecular flexibility index (Phi) is 4.04. The number of rotatable bonds is 3. The standard InChI is InChI=1S/C12H19N3O2/c1-9(2)15-5-6-17-11(7-15)12-13-4-3-10(8-16)14-12/h3-4,9,11,16H,5-8H2,1-2H3. The molecule has 0 spiro atoms. The maximum absolute atomic E-state index is 9.06. The van der Waals surface area contributed by atoms with Crippen LogP contribution in [0.3, 0.4) is 0 Å². The van der Waals surface area contributed by atoms with E-state index in [-0.39, 0.29) is 12.7 Å². The molecule has 0 aliphatic carbocycles. The third-order valence-corrected chi connectivity index (χ3v) is 3.01. The average molecular weight is 237 g/mol. The summed E-state index contributed by atoms with van der Waals surface area (Å²) in [6.45, 7) is 6.76. The maximum Gasteiger partial charge on any atom is 0.158 e. The van der Waals surface area contributed by atoms with Gasteiger partial charge < -0.3 is 9.84 Å². The molecular weight excluding hydrogens is 218 g/mol. The molecule has 1 aliphatic rings. The van der Waals surface area contributed by atoms with Crippen molar-refractivity contribution in [2.45, 2.75) is 32.6 Å². The molecule has 1 aliphatic heterocycles. The molecule has 1 fully saturated rings.